The summed E-state index contributed by atoms with van der Waals surface area (Å²) in [7, 11) is 0. The summed E-state index contributed by atoms with van der Waals surface area (Å²) in [6.45, 7) is 1.30. The number of halogens is 1. The van der Waals surface area contributed by atoms with Crippen LogP contribution in [0, 0.1) is 0 Å². The van der Waals surface area contributed by atoms with Gasteiger partial charge in [0.15, 0.2) is 0 Å². The Bertz CT molecular complexity index is 718. The van der Waals surface area contributed by atoms with Crippen LogP contribution in [0.3, 0.4) is 0 Å². The van der Waals surface area contributed by atoms with Gasteiger partial charge in [0.05, 0.1) is 12.1 Å². The Balaban J connectivity index is 1.96. The highest BCUT2D eigenvalue weighted by molar-refractivity contribution is 9.10. The molecule has 6 heteroatoms. The molecule has 2 heterocycles. The van der Waals surface area contributed by atoms with Crippen LogP contribution in [-0.2, 0) is 13.0 Å². The van der Waals surface area contributed by atoms with E-state index in [0.29, 0.717) is 18.5 Å². The van der Waals surface area contributed by atoms with Crippen LogP contribution in [0.4, 0.5) is 5.69 Å². The summed E-state index contributed by atoms with van der Waals surface area (Å²) in [6.07, 6.45) is 0.671. The molecule has 1 aliphatic rings. The maximum absolute atomic E-state index is 11.8. The van der Waals surface area contributed by atoms with Crippen molar-refractivity contribution in [2.45, 2.75) is 13.0 Å². The summed E-state index contributed by atoms with van der Waals surface area (Å²) in [4.78, 5) is 30.1. The lowest BCUT2D eigenvalue weighted by Gasteiger charge is -2.29. The Hall–Kier alpha value is -1.82. The number of benzene rings is 1. The molecule has 0 radical (unpaired) electrons. The van der Waals surface area contributed by atoms with Gasteiger partial charge in [0.2, 0.25) is 0 Å². The quantitative estimate of drug-likeness (QED) is 0.834. The molecule has 0 fully saturated rings. The van der Waals surface area contributed by atoms with Crippen molar-refractivity contribution in [3.05, 3.63) is 60.8 Å². The zero-order valence-corrected chi connectivity index (χ0v) is 11.7. The number of aromatic amines is 2. The van der Waals surface area contributed by atoms with Gasteiger partial charge in [-0.15, -0.1) is 0 Å². The van der Waals surface area contributed by atoms with Gasteiger partial charge < -0.3 is 9.88 Å². The molecule has 3 rings (SSSR count). The lowest BCUT2D eigenvalue weighted by Crippen LogP contribution is -2.38. The highest BCUT2D eigenvalue weighted by atomic mass is 79.9. The number of H-pyrrole nitrogens is 2. The average molecular weight is 322 g/mol. The van der Waals surface area contributed by atoms with Gasteiger partial charge >= 0.3 is 5.69 Å². The normalized spacial score (nSPS) is 14.3. The third-order valence-electron chi connectivity index (χ3n) is 3.30. The Morgan fingerprint density at radius 1 is 1.11 bits per heavy atom. The van der Waals surface area contributed by atoms with Crippen molar-refractivity contribution in [2.75, 3.05) is 11.4 Å². The number of rotatable bonds is 1. The van der Waals surface area contributed by atoms with E-state index in [1.165, 1.54) is 0 Å². The van der Waals surface area contributed by atoms with Crippen molar-refractivity contribution < 1.29 is 0 Å². The van der Waals surface area contributed by atoms with Crippen LogP contribution in [0.1, 0.15) is 11.3 Å². The van der Waals surface area contributed by atoms with Crippen molar-refractivity contribution in [1.29, 1.82) is 0 Å². The maximum atomic E-state index is 11.8. The van der Waals surface area contributed by atoms with Gasteiger partial charge in [-0.1, -0.05) is 15.9 Å². The first-order valence-corrected chi connectivity index (χ1v) is 6.77. The molecule has 0 spiro atoms. The van der Waals surface area contributed by atoms with E-state index in [-0.39, 0.29) is 5.56 Å². The maximum Gasteiger partial charge on any atom is 0.325 e. The average Bonchev–Trinajstić information content (AvgIpc) is 2.39. The minimum Gasteiger partial charge on any atom is -0.367 e. The largest absolute Gasteiger partial charge is 0.367 e. The van der Waals surface area contributed by atoms with Crippen molar-refractivity contribution in [3.8, 4) is 0 Å². The first-order valence-electron chi connectivity index (χ1n) is 5.98. The molecular weight excluding hydrogens is 310 g/mol. The van der Waals surface area contributed by atoms with Crippen LogP contribution >= 0.6 is 15.9 Å². The minimum absolute atomic E-state index is 0.291. The summed E-state index contributed by atoms with van der Waals surface area (Å²) in [5.74, 6) is 0. The number of hydrogen-bond donors (Lipinski definition) is 2. The fourth-order valence-electron chi connectivity index (χ4n) is 2.33. The molecule has 1 aromatic carbocycles. The molecule has 0 bridgehead atoms. The van der Waals surface area contributed by atoms with E-state index in [2.05, 4.69) is 30.8 Å². The van der Waals surface area contributed by atoms with Gasteiger partial charge in [0.1, 0.15) is 0 Å². The molecular formula is C13H12BrN3O2. The second-order valence-electron chi connectivity index (χ2n) is 4.51. The highest BCUT2D eigenvalue weighted by Gasteiger charge is 2.20. The van der Waals surface area contributed by atoms with Gasteiger partial charge in [-0.25, -0.2) is 4.79 Å². The standard InChI is InChI=1S/C13H12BrN3O2/c14-8-1-3-9(4-2-8)17-6-5-11-10(7-17)12(18)16-13(19)15-11/h1-4H,5-7H2,(H2,15,16,18,19). The SMILES string of the molecule is O=c1[nH]c2c(c(=O)[nH]1)CN(c1ccc(Br)cc1)CC2. The Morgan fingerprint density at radius 2 is 1.84 bits per heavy atom. The molecule has 5 nitrogen and oxygen atoms in total. The molecule has 1 aromatic heterocycles. The van der Waals surface area contributed by atoms with Crippen molar-refractivity contribution >= 4 is 21.6 Å². The van der Waals surface area contributed by atoms with Crippen molar-refractivity contribution in [2.24, 2.45) is 0 Å². The highest BCUT2D eigenvalue weighted by Crippen LogP contribution is 2.22. The lowest BCUT2D eigenvalue weighted by molar-refractivity contribution is 0.691. The van der Waals surface area contributed by atoms with Crippen molar-refractivity contribution in [1.82, 2.24) is 9.97 Å². The topological polar surface area (TPSA) is 69.0 Å². The van der Waals surface area contributed by atoms with Gasteiger partial charge in [-0.05, 0) is 24.3 Å². The number of fused-ring (bicyclic) bond motifs is 1. The number of nitrogens with one attached hydrogen (secondary N) is 2. The summed E-state index contributed by atoms with van der Waals surface area (Å²) >= 11 is 3.40. The molecule has 0 saturated heterocycles. The van der Waals surface area contributed by atoms with E-state index in [1.807, 2.05) is 24.3 Å². The third kappa shape index (κ3) is 2.35. The molecule has 0 amide bonds. The molecule has 0 atom stereocenters. The monoisotopic (exact) mass is 321 g/mol. The van der Waals surface area contributed by atoms with Gasteiger partial charge in [0, 0.05) is 28.8 Å². The molecule has 98 valence electrons. The van der Waals surface area contributed by atoms with Crippen LogP contribution in [0.2, 0.25) is 0 Å². The van der Waals surface area contributed by atoms with E-state index < -0.39 is 5.69 Å². The zero-order chi connectivity index (χ0) is 13.4. The molecule has 0 unspecified atom stereocenters. The van der Waals surface area contributed by atoms with Crippen LogP contribution < -0.4 is 16.1 Å². The number of hydrogen-bond acceptors (Lipinski definition) is 3. The first kappa shape index (κ1) is 12.2. The molecule has 0 aliphatic carbocycles. The van der Waals surface area contributed by atoms with E-state index in [4.69, 9.17) is 0 Å². The smallest absolute Gasteiger partial charge is 0.325 e. The van der Waals surface area contributed by atoms with Gasteiger partial charge in [-0.3, -0.25) is 9.78 Å². The third-order valence-corrected chi connectivity index (χ3v) is 3.83. The first-order chi connectivity index (χ1) is 9.13. The fourth-order valence-corrected chi connectivity index (χ4v) is 2.59. The second kappa shape index (κ2) is 4.70. The van der Waals surface area contributed by atoms with E-state index in [9.17, 15) is 9.59 Å². The number of anilines is 1. The molecule has 2 aromatic rings. The Morgan fingerprint density at radius 3 is 2.58 bits per heavy atom. The van der Waals surface area contributed by atoms with Crippen LogP contribution in [0.15, 0.2) is 38.3 Å². The summed E-state index contributed by atoms with van der Waals surface area (Å²) in [5, 5.41) is 0. The predicted molar refractivity (Wildman–Crippen MR) is 76.6 cm³/mol. The van der Waals surface area contributed by atoms with Gasteiger partial charge in [-0.2, -0.15) is 0 Å². The van der Waals surface area contributed by atoms with Crippen LogP contribution in [0.25, 0.3) is 0 Å². The summed E-state index contributed by atoms with van der Waals surface area (Å²) in [6, 6.07) is 7.97. The van der Waals surface area contributed by atoms with Crippen LogP contribution in [-0.4, -0.2) is 16.5 Å². The molecule has 2 N–H and O–H groups in total. The van der Waals surface area contributed by atoms with E-state index >= 15 is 0 Å². The van der Waals surface area contributed by atoms with E-state index in [0.717, 1.165) is 22.4 Å². The summed E-state index contributed by atoms with van der Waals surface area (Å²) in [5.41, 5.74) is 1.75. The number of aromatic nitrogens is 2. The minimum atomic E-state index is -0.430. The Kier molecular flexibility index (Phi) is 3.02. The van der Waals surface area contributed by atoms with Gasteiger partial charge in [0.25, 0.3) is 5.56 Å². The number of nitrogens with zero attached hydrogens (tertiary/aromatic N) is 1. The zero-order valence-electron chi connectivity index (χ0n) is 10.1. The molecule has 0 saturated carbocycles. The fraction of sp³-hybridized carbons (Fsp3) is 0.231. The predicted octanol–water partition coefficient (Wildman–Crippen LogP) is 1.39. The Labute approximate surface area is 117 Å². The molecule has 19 heavy (non-hydrogen) atoms. The summed E-state index contributed by atoms with van der Waals surface area (Å²) < 4.78 is 1.02. The van der Waals surface area contributed by atoms with Crippen LogP contribution in [0.5, 0.6) is 0 Å². The molecule has 1 aliphatic heterocycles. The lowest BCUT2D eigenvalue weighted by atomic mass is 10.1. The second-order valence-corrected chi connectivity index (χ2v) is 5.43. The van der Waals surface area contributed by atoms with E-state index in [1.54, 1.807) is 0 Å². The van der Waals surface area contributed by atoms with Crippen molar-refractivity contribution in [3.63, 3.8) is 0 Å².